The van der Waals surface area contributed by atoms with Gasteiger partial charge in [-0.25, -0.2) is 0 Å². The van der Waals surface area contributed by atoms with Gasteiger partial charge in [0.25, 0.3) is 0 Å². The minimum atomic E-state index is -0.136. The van der Waals surface area contributed by atoms with Gasteiger partial charge in [-0.05, 0) is 49.9 Å². The van der Waals surface area contributed by atoms with E-state index >= 15 is 0 Å². The summed E-state index contributed by atoms with van der Waals surface area (Å²) in [6, 6.07) is 0. The van der Waals surface area contributed by atoms with Crippen LogP contribution in [-0.2, 0) is 4.79 Å². The second kappa shape index (κ2) is 3.96. The van der Waals surface area contributed by atoms with E-state index in [1.54, 1.807) is 12.5 Å². The lowest BCUT2D eigenvalue weighted by Crippen LogP contribution is -2.46. The van der Waals surface area contributed by atoms with Crippen LogP contribution in [0, 0.1) is 22.7 Å². The van der Waals surface area contributed by atoms with Gasteiger partial charge in [0.2, 0.25) is 0 Å². The molecule has 0 aromatic heterocycles. The van der Waals surface area contributed by atoms with E-state index in [9.17, 15) is 4.79 Å². The van der Waals surface area contributed by atoms with Crippen LogP contribution < -0.4 is 0 Å². The molecule has 0 aromatic carbocycles. The monoisotopic (exact) mass is 234 g/mol. The number of hydrogen-bond donors (Lipinski definition) is 0. The number of fused-ring (bicyclic) bond motifs is 1. The molecule has 0 spiro atoms. The first-order chi connectivity index (χ1) is 7.79. The Morgan fingerprint density at radius 2 is 2.00 bits per heavy atom. The third kappa shape index (κ3) is 1.88. The Kier molecular flexibility index (Phi) is 3.00. The Hall–Kier alpha value is -0.590. The molecule has 1 saturated carbocycles. The Morgan fingerprint density at radius 3 is 2.59 bits per heavy atom. The molecule has 0 saturated heterocycles. The number of hydrogen-bond acceptors (Lipinski definition) is 1. The maximum absolute atomic E-state index is 12.0. The van der Waals surface area contributed by atoms with Gasteiger partial charge in [0, 0.05) is 5.41 Å². The Labute approximate surface area is 106 Å². The lowest BCUT2D eigenvalue weighted by Gasteiger charge is -2.52. The summed E-state index contributed by atoms with van der Waals surface area (Å²) >= 11 is 0. The number of allylic oxidation sites excluding steroid dienone is 2. The van der Waals surface area contributed by atoms with Crippen molar-refractivity contribution in [1.82, 2.24) is 0 Å². The highest BCUT2D eigenvalue weighted by atomic mass is 16.1. The van der Waals surface area contributed by atoms with Gasteiger partial charge in [-0.3, -0.25) is 4.79 Å². The molecule has 0 N–H and O–H groups in total. The van der Waals surface area contributed by atoms with Crippen molar-refractivity contribution in [1.29, 1.82) is 0 Å². The molecule has 0 aliphatic heterocycles. The number of carbonyl (C=O) groups is 1. The van der Waals surface area contributed by atoms with Gasteiger partial charge in [-0.1, -0.05) is 39.3 Å². The van der Waals surface area contributed by atoms with Gasteiger partial charge in [0.05, 0.1) is 0 Å². The SMILES string of the molecule is CC(=O)[C@@]1(C)CC=C2CCCC(C)(C)[C@H]2[C@@H]1C. The predicted octanol–water partition coefficient (Wildman–Crippen LogP) is 4.37. The first-order valence-corrected chi connectivity index (χ1v) is 6.99. The second-order valence-electron chi connectivity index (χ2n) is 7.07. The molecule has 1 heteroatoms. The zero-order valence-electron chi connectivity index (χ0n) is 12.0. The Morgan fingerprint density at radius 1 is 1.35 bits per heavy atom. The fraction of sp³-hybridized carbons (Fsp3) is 0.812. The minimum Gasteiger partial charge on any atom is -0.299 e. The highest BCUT2D eigenvalue weighted by molar-refractivity contribution is 5.82. The van der Waals surface area contributed by atoms with Crippen molar-refractivity contribution < 1.29 is 4.79 Å². The van der Waals surface area contributed by atoms with Crippen LogP contribution in [0.25, 0.3) is 0 Å². The highest BCUT2D eigenvalue weighted by Gasteiger charge is 2.49. The zero-order valence-corrected chi connectivity index (χ0v) is 12.0. The molecular formula is C16H26O. The van der Waals surface area contributed by atoms with Crippen molar-refractivity contribution in [2.75, 3.05) is 0 Å². The third-order valence-corrected chi connectivity index (χ3v) is 5.63. The van der Waals surface area contributed by atoms with Crippen molar-refractivity contribution in [3.05, 3.63) is 11.6 Å². The summed E-state index contributed by atoms with van der Waals surface area (Å²) in [7, 11) is 0. The quantitative estimate of drug-likeness (QED) is 0.616. The largest absolute Gasteiger partial charge is 0.299 e. The Balaban J connectivity index is 2.41. The lowest BCUT2D eigenvalue weighted by atomic mass is 9.52. The summed E-state index contributed by atoms with van der Waals surface area (Å²) in [6.07, 6.45) is 7.21. The van der Waals surface area contributed by atoms with Crippen LogP contribution in [0.3, 0.4) is 0 Å². The molecule has 0 aromatic rings. The van der Waals surface area contributed by atoms with E-state index in [0.717, 1.165) is 6.42 Å². The molecule has 2 rings (SSSR count). The van der Waals surface area contributed by atoms with Crippen molar-refractivity contribution in [2.45, 2.75) is 60.3 Å². The van der Waals surface area contributed by atoms with E-state index in [2.05, 4.69) is 33.8 Å². The number of ketones is 1. The fourth-order valence-corrected chi connectivity index (χ4v) is 4.15. The number of rotatable bonds is 1. The van der Waals surface area contributed by atoms with E-state index in [-0.39, 0.29) is 5.41 Å². The van der Waals surface area contributed by atoms with Gasteiger partial charge in [-0.2, -0.15) is 0 Å². The van der Waals surface area contributed by atoms with Crippen molar-refractivity contribution in [3.8, 4) is 0 Å². The molecule has 2 aliphatic rings. The van der Waals surface area contributed by atoms with Gasteiger partial charge in [0.1, 0.15) is 5.78 Å². The lowest BCUT2D eigenvalue weighted by molar-refractivity contribution is -0.131. The summed E-state index contributed by atoms with van der Waals surface area (Å²) in [4.78, 5) is 12.0. The van der Waals surface area contributed by atoms with Crippen molar-refractivity contribution in [3.63, 3.8) is 0 Å². The van der Waals surface area contributed by atoms with E-state index in [1.807, 2.05) is 0 Å². The van der Waals surface area contributed by atoms with Crippen LogP contribution >= 0.6 is 0 Å². The summed E-state index contributed by atoms with van der Waals surface area (Å²) < 4.78 is 0. The molecule has 0 amide bonds. The molecule has 0 bridgehead atoms. The summed E-state index contributed by atoms with van der Waals surface area (Å²) in [5.41, 5.74) is 1.86. The van der Waals surface area contributed by atoms with E-state index < -0.39 is 0 Å². The molecule has 1 nitrogen and oxygen atoms in total. The predicted molar refractivity (Wildman–Crippen MR) is 71.8 cm³/mol. The summed E-state index contributed by atoms with van der Waals surface area (Å²) in [5.74, 6) is 1.45. The van der Waals surface area contributed by atoms with Crippen LogP contribution in [0.5, 0.6) is 0 Å². The van der Waals surface area contributed by atoms with Gasteiger partial charge in [0.15, 0.2) is 0 Å². The van der Waals surface area contributed by atoms with Gasteiger partial charge < -0.3 is 0 Å². The molecule has 96 valence electrons. The third-order valence-electron chi connectivity index (χ3n) is 5.63. The maximum atomic E-state index is 12.0. The van der Waals surface area contributed by atoms with Crippen LogP contribution in [0.4, 0.5) is 0 Å². The fourth-order valence-electron chi connectivity index (χ4n) is 4.15. The average molecular weight is 234 g/mol. The molecule has 0 heterocycles. The van der Waals surface area contributed by atoms with Crippen molar-refractivity contribution >= 4 is 5.78 Å². The normalized spacial score (nSPS) is 40.4. The Bertz CT molecular complexity index is 364. The smallest absolute Gasteiger partial charge is 0.136 e. The zero-order chi connectivity index (χ0) is 12.8. The van der Waals surface area contributed by atoms with Crippen LogP contribution in [0.15, 0.2) is 11.6 Å². The van der Waals surface area contributed by atoms with E-state index in [4.69, 9.17) is 0 Å². The maximum Gasteiger partial charge on any atom is 0.136 e. The number of carbonyl (C=O) groups excluding carboxylic acids is 1. The summed E-state index contributed by atoms with van der Waals surface area (Å²) in [6.45, 7) is 11.0. The van der Waals surface area contributed by atoms with Gasteiger partial charge >= 0.3 is 0 Å². The standard InChI is InChI=1S/C16H26O/c1-11-14-13(7-6-9-15(14,3)4)8-10-16(11,5)12(2)17/h8,11,14H,6-7,9-10H2,1-5H3/t11-,14-,16-/m0/s1. The topological polar surface area (TPSA) is 17.1 Å². The molecule has 1 fully saturated rings. The van der Waals surface area contributed by atoms with Crippen LogP contribution in [0.1, 0.15) is 60.3 Å². The molecule has 17 heavy (non-hydrogen) atoms. The van der Waals surface area contributed by atoms with Crippen molar-refractivity contribution in [2.24, 2.45) is 22.7 Å². The van der Waals surface area contributed by atoms with E-state index in [1.165, 1.54) is 19.3 Å². The first kappa shape index (κ1) is 12.9. The molecule has 0 unspecified atom stereocenters. The second-order valence-corrected chi connectivity index (χ2v) is 7.07. The minimum absolute atomic E-state index is 0.136. The van der Waals surface area contributed by atoms with Gasteiger partial charge in [-0.15, -0.1) is 0 Å². The molecule has 0 radical (unpaired) electrons. The molecular weight excluding hydrogens is 208 g/mol. The van der Waals surface area contributed by atoms with Crippen LogP contribution in [0.2, 0.25) is 0 Å². The van der Waals surface area contributed by atoms with Crippen LogP contribution in [-0.4, -0.2) is 5.78 Å². The molecule has 3 atom stereocenters. The molecule has 2 aliphatic carbocycles. The summed E-state index contributed by atoms with van der Waals surface area (Å²) in [5, 5.41) is 0. The highest BCUT2D eigenvalue weighted by Crippen LogP contribution is 2.55. The number of Topliss-reactive ketones (excluding diaryl/α,β-unsaturated/α-hetero) is 1. The first-order valence-electron chi connectivity index (χ1n) is 6.99. The van der Waals surface area contributed by atoms with E-state index in [0.29, 0.717) is 23.0 Å². The average Bonchev–Trinajstić information content (AvgIpc) is 2.22.